The highest BCUT2D eigenvalue weighted by Gasteiger charge is 2.05. The summed E-state index contributed by atoms with van der Waals surface area (Å²) < 4.78 is 1.13. The highest BCUT2D eigenvalue weighted by atomic mass is 127. The first-order chi connectivity index (χ1) is 5.29. The third-order valence-corrected chi connectivity index (χ3v) is 3.51. The number of fused-ring (bicyclic) bond motifs is 1. The lowest BCUT2D eigenvalue weighted by molar-refractivity contribution is 1.24. The summed E-state index contributed by atoms with van der Waals surface area (Å²) in [6.45, 7) is 0. The molecular formula is C6H4IN3S. The molecule has 0 spiro atoms. The Balaban J connectivity index is 2.96. The zero-order chi connectivity index (χ0) is 7.84. The van der Waals surface area contributed by atoms with Gasteiger partial charge in [-0.1, -0.05) is 0 Å². The number of nitrogens with zero attached hydrogens (tertiary/aromatic N) is 2. The van der Waals surface area contributed by atoms with Gasteiger partial charge in [0, 0.05) is 8.95 Å². The van der Waals surface area contributed by atoms with Crippen molar-refractivity contribution < 1.29 is 0 Å². The second kappa shape index (κ2) is 2.56. The zero-order valence-electron chi connectivity index (χ0n) is 5.41. The number of aromatic nitrogens is 2. The minimum Gasteiger partial charge on any atom is -0.383 e. The van der Waals surface area contributed by atoms with E-state index in [9.17, 15) is 0 Å². The summed E-state index contributed by atoms with van der Waals surface area (Å²) in [6.07, 6.45) is 1.49. The highest BCUT2D eigenvalue weighted by molar-refractivity contribution is 14.1. The van der Waals surface area contributed by atoms with E-state index < -0.39 is 0 Å². The molecule has 0 unspecified atom stereocenters. The van der Waals surface area contributed by atoms with Crippen LogP contribution in [-0.4, -0.2) is 9.97 Å². The number of nitrogens with two attached hydrogens (primary N) is 1. The summed E-state index contributed by atoms with van der Waals surface area (Å²) in [5.74, 6) is 0.570. The van der Waals surface area contributed by atoms with Crippen LogP contribution in [0.3, 0.4) is 0 Å². The van der Waals surface area contributed by atoms with Gasteiger partial charge in [-0.15, -0.1) is 11.3 Å². The average Bonchev–Trinajstić information content (AvgIpc) is 2.34. The van der Waals surface area contributed by atoms with Gasteiger partial charge < -0.3 is 5.73 Å². The van der Waals surface area contributed by atoms with Crippen LogP contribution in [0.1, 0.15) is 0 Å². The molecule has 2 heterocycles. The Morgan fingerprint density at radius 1 is 1.45 bits per heavy atom. The van der Waals surface area contributed by atoms with Crippen LogP contribution in [0.25, 0.3) is 10.2 Å². The molecular weight excluding hydrogens is 273 g/mol. The van der Waals surface area contributed by atoms with Gasteiger partial charge in [0.05, 0.1) is 5.39 Å². The first kappa shape index (κ1) is 7.23. The summed E-state index contributed by atoms with van der Waals surface area (Å²) in [5.41, 5.74) is 5.65. The minimum absolute atomic E-state index is 0.570. The predicted molar refractivity (Wildman–Crippen MR) is 54.5 cm³/mol. The Kier molecular flexibility index (Phi) is 1.68. The molecule has 0 aliphatic rings. The zero-order valence-corrected chi connectivity index (χ0v) is 8.39. The normalized spacial score (nSPS) is 10.6. The number of nitrogen functional groups attached to an aromatic ring is 1. The molecule has 0 saturated heterocycles. The number of halogens is 1. The lowest BCUT2D eigenvalue weighted by Gasteiger charge is -1.92. The van der Waals surface area contributed by atoms with Crippen LogP contribution in [0.5, 0.6) is 0 Å². The SMILES string of the molecule is Nc1ncnc2scc(I)c12. The molecule has 0 saturated carbocycles. The lowest BCUT2D eigenvalue weighted by atomic mass is 10.4. The molecule has 0 fully saturated rings. The van der Waals surface area contributed by atoms with Crippen molar-refractivity contribution in [3.63, 3.8) is 0 Å². The van der Waals surface area contributed by atoms with Gasteiger partial charge in [0.25, 0.3) is 0 Å². The van der Waals surface area contributed by atoms with Gasteiger partial charge >= 0.3 is 0 Å². The molecule has 3 nitrogen and oxygen atoms in total. The van der Waals surface area contributed by atoms with Gasteiger partial charge in [-0.05, 0) is 22.6 Å². The van der Waals surface area contributed by atoms with E-state index in [1.54, 1.807) is 11.3 Å². The van der Waals surface area contributed by atoms with Crippen molar-refractivity contribution in [1.29, 1.82) is 0 Å². The van der Waals surface area contributed by atoms with Gasteiger partial charge in [-0.3, -0.25) is 0 Å². The molecule has 2 N–H and O–H groups in total. The Bertz CT molecular complexity index is 398. The highest BCUT2D eigenvalue weighted by Crippen LogP contribution is 2.28. The summed E-state index contributed by atoms with van der Waals surface area (Å²) in [7, 11) is 0. The van der Waals surface area contributed by atoms with E-state index in [1.165, 1.54) is 6.33 Å². The van der Waals surface area contributed by atoms with Gasteiger partial charge in [-0.25, -0.2) is 9.97 Å². The fourth-order valence-corrected chi connectivity index (χ4v) is 2.73. The Morgan fingerprint density at radius 3 is 3.00 bits per heavy atom. The van der Waals surface area contributed by atoms with Crippen molar-refractivity contribution in [3.8, 4) is 0 Å². The van der Waals surface area contributed by atoms with E-state index in [0.717, 1.165) is 13.8 Å². The average molecular weight is 277 g/mol. The molecule has 0 aromatic carbocycles. The van der Waals surface area contributed by atoms with E-state index in [1.807, 2.05) is 5.38 Å². The maximum atomic E-state index is 5.65. The van der Waals surface area contributed by atoms with E-state index in [2.05, 4.69) is 32.6 Å². The Hall–Kier alpha value is -0.430. The Labute approximate surface area is 80.8 Å². The Morgan fingerprint density at radius 2 is 2.27 bits per heavy atom. The molecule has 56 valence electrons. The minimum atomic E-state index is 0.570. The van der Waals surface area contributed by atoms with Gasteiger partial charge in [-0.2, -0.15) is 0 Å². The molecule has 5 heteroatoms. The van der Waals surface area contributed by atoms with Crippen LogP contribution in [0.15, 0.2) is 11.7 Å². The maximum Gasteiger partial charge on any atom is 0.136 e. The lowest BCUT2D eigenvalue weighted by Crippen LogP contribution is -1.91. The van der Waals surface area contributed by atoms with Crippen LogP contribution in [0.2, 0.25) is 0 Å². The van der Waals surface area contributed by atoms with E-state index in [0.29, 0.717) is 5.82 Å². The molecule has 0 aliphatic heterocycles. The van der Waals surface area contributed by atoms with Crippen LogP contribution in [0.4, 0.5) is 5.82 Å². The van der Waals surface area contributed by atoms with Gasteiger partial charge in [0.1, 0.15) is 17.0 Å². The third kappa shape index (κ3) is 1.08. The largest absolute Gasteiger partial charge is 0.383 e. The monoisotopic (exact) mass is 277 g/mol. The molecule has 2 aromatic rings. The van der Waals surface area contributed by atoms with Crippen LogP contribution in [-0.2, 0) is 0 Å². The van der Waals surface area contributed by atoms with Crippen molar-refractivity contribution in [1.82, 2.24) is 9.97 Å². The molecule has 0 radical (unpaired) electrons. The number of thiophene rings is 1. The van der Waals surface area contributed by atoms with Crippen molar-refractivity contribution >= 4 is 50.0 Å². The molecule has 0 aliphatic carbocycles. The predicted octanol–water partition coefficient (Wildman–Crippen LogP) is 1.88. The smallest absolute Gasteiger partial charge is 0.136 e. The number of hydrogen-bond acceptors (Lipinski definition) is 4. The summed E-state index contributed by atoms with van der Waals surface area (Å²) >= 11 is 3.82. The number of rotatable bonds is 0. The second-order valence-corrected chi connectivity index (χ2v) is 4.04. The standard InChI is InChI=1S/C6H4IN3S/c7-3-1-11-6-4(3)5(8)9-2-10-6/h1-2H,(H2,8,9,10). The molecule has 11 heavy (non-hydrogen) atoms. The van der Waals surface area contributed by atoms with Gasteiger partial charge in [0.2, 0.25) is 0 Å². The summed E-state index contributed by atoms with van der Waals surface area (Å²) in [5, 5.41) is 3.01. The van der Waals surface area contributed by atoms with Crippen LogP contribution >= 0.6 is 33.9 Å². The first-order valence-corrected chi connectivity index (χ1v) is 4.88. The number of anilines is 1. The third-order valence-electron chi connectivity index (χ3n) is 1.35. The van der Waals surface area contributed by atoms with Crippen molar-refractivity contribution in [2.45, 2.75) is 0 Å². The summed E-state index contributed by atoms with van der Waals surface area (Å²) in [6, 6.07) is 0. The van der Waals surface area contributed by atoms with Crippen molar-refractivity contribution in [3.05, 3.63) is 15.3 Å². The molecule has 0 bridgehead atoms. The molecule has 2 rings (SSSR count). The second-order valence-electron chi connectivity index (χ2n) is 2.02. The number of hydrogen-bond donors (Lipinski definition) is 1. The van der Waals surface area contributed by atoms with Crippen molar-refractivity contribution in [2.75, 3.05) is 5.73 Å². The van der Waals surface area contributed by atoms with E-state index in [-0.39, 0.29) is 0 Å². The van der Waals surface area contributed by atoms with Gasteiger partial charge in [0.15, 0.2) is 0 Å². The first-order valence-electron chi connectivity index (χ1n) is 2.92. The summed E-state index contributed by atoms with van der Waals surface area (Å²) in [4.78, 5) is 8.95. The molecule has 0 amide bonds. The van der Waals surface area contributed by atoms with E-state index in [4.69, 9.17) is 5.73 Å². The van der Waals surface area contributed by atoms with Crippen molar-refractivity contribution in [2.24, 2.45) is 0 Å². The van der Waals surface area contributed by atoms with Crippen LogP contribution in [0, 0.1) is 3.57 Å². The fourth-order valence-electron chi connectivity index (χ4n) is 0.862. The van der Waals surface area contributed by atoms with E-state index >= 15 is 0 Å². The fraction of sp³-hybridized carbons (Fsp3) is 0. The maximum absolute atomic E-state index is 5.65. The van der Waals surface area contributed by atoms with Crippen LogP contribution < -0.4 is 5.73 Å². The topological polar surface area (TPSA) is 51.8 Å². The molecule has 2 aromatic heterocycles. The quantitative estimate of drug-likeness (QED) is 0.748. The molecule has 0 atom stereocenters.